The number of thioether (sulfide) groups is 1. The van der Waals surface area contributed by atoms with Crippen molar-refractivity contribution in [2.75, 3.05) is 19.1 Å². The SMILES string of the molecule is COc1ccc([C@@H]2Nn3c(nnc3-c3ccccc3)S[C@H]2C(=O)N2CCCC[C@H]2C)cc1Cl. The van der Waals surface area contributed by atoms with Gasteiger partial charge in [0.1, 0.15) is 11.0 Å². The first-order valence-corrected chi connectivity index (χ1v) is 12.4. The molecule has 0 saturated carbocycles. The summed E-state index contributed by atoms with van der Waals surface area (Å²) in [5, 5.41) is 9.61. The van der Waals surface area contributed by atoms with E-state index in [1.165, 1.54) is 11.8 Å². The first kappa shape index (κ1) is 22.1. The molecule has 0 radical (unpaired) electrons. The van der Waals surface area contributed by atoms with E-state index in [9.17, 15) is 4.79 Å². The summed E-state index contributed by atoms with van der Waals surface area (Å²) in [5.41, 5.74) is 5.39. The van der Waals surface area contributed by atoms with Gasteiger partial charge < -0.3 is 15.1 Å². The number of nitrogens with zero attached hydrogens (tertiary/aromatic N) is 4. The van der Waals surface area contributed by atoms with Crippen LogP contribution in [0.25, 0.3) is 11.4 Å². The Bertz CT molecular complexity index is 1160. The first-order valence-electron chi connectivity index (χ1n) is 11.1. The summed E-state index contributed by atoms with van der Waals surface area (Å²) in [6.07, 6.45) is 3.23. The van der Waals surface area contributed by atoms with Crippen molar-refractivity contribution in [2.24, 2.45) is 0 Å². The first-order chi connectivity index (χ1) is 16.1. The molecule has 3 atom stereocenters. The number of ether oxygens (including phenoxy) is 1. The van der Waals surface area contributed by atoms with Crippen molar-refractivity contribution in [2.45, 2.75) is 48.7 Å². The molecule has 0 aliphatic carbocycles. The molecule has 2 aromatic carbocycles. The van der Waals surface area contributed by atoms with Crippen molar-refractivity contribution in [3.63, 3.8) is 0 Å². The topological polar surface area (TPSA) is 72.3 Å². The highest BCUT2D eigenvalue weighted by atomic mass is 35.5. The average molecular weight is 484 g/mol. The van der Waals surface area contributed by atoms with E-state index in [0.717, 1.165) is 36.9 Å². The van der Waals surface area contributed by atoms with E-state index in [4.69, 9.17) is 16.3 Å². The predicted molar refractivity (Wildman–Crippen MR) is 130 cm³/mol. The van der Waals surface area contributed by atoms with Crippen LogP contribution in [0.3, 0.4) is 0 Å². The number of hydrogen-bond acceptors (Lipinski definition) is 6. The van der Waals surface area contributed by atoms with Crippen LogP contribution in [0.15, 0.2) is 53.7 Å². The van der Waals surface area contributed by atoms with Crippen LogP contribution in [-0.2, 0) is 4.79 Å². The Kier molecular flexibility index (Phi) is 6.21. The van der Waals surface area contributed by atoms with Crippen molar-refractivity contribution in [1.29, 1.82) is 0 Å². The molecule has 1 fully saturated rings. The van der Waals surface area contributed by atoms with Crippen LogP contribution in [0, 0.1) is 0 Å². The quantitative estimate of drug-likeness (QED) is 0.576. The van der Waals surface area contributed by atoms with Gasteiger partial charge in [-0.25, -0.2) is 4.68 Å². The number of hydrogen-bond donors (Lipinski definition) is 1. The molecule has 33 heavy (non-hydrogen) atoms. The molecule has 0 bridgehead atoms. The van der Waals surface area contributed by atoms with Gasteiger partial charge in [-0.15, -0.1) is 10.2 Å². The Morgan fingerprint density at radius 3 is 2.73 bits per heavy atom. The van der Waals surface area contributed by atoms with Crippen molar-refractivity contribution < 1.29 is 9.53 Å². The summed E-state index contributed by atoms with van der Waals surface area (Å²) in [5.74, 6) is 1.43. The molecule has 2 aliphatic heterocycles. The fourth-order valence-corrected chi connectivity index (χ4v) is 5.95. The minimum absolute atomic E-state index is 0.118. The lowest BCUT2D eigenvalue weighted by Gasteiger charge is -2.39. The summed E-state index contributed by atoms with van der Waals surface area (Å²) in [6.45, 7) is 2.92. The van der Waals surface area contributed by atoms with Crippen LogP contribution in [0.4, 0.5) is 0 Å². The number of rotatable bonds is 4. The summed E-state index contributed by atoms with van der Waals surface area (Å²) in [6, 6.07) is 15.5. The Balaban J connectivity index is 1.55. The molecule has 1 N–H and O–H groups in total. The molecule has 1 amide bonds. The molecule has 3 aromatic rings. The Morgan fingerprint density at radius 2 is 2.00 bits per heavy atom. The van der Waals surface area contributed by atoms with Crippen molar-refractivity contribution in [3.05, 3.63) is 59.1 Å². The predicted octanol–water partition coefficient (Wildman–Crippen LogP) is 4.77. The van der Waals surface area contributed by atoms with Crippen LogP contribution in [0.2, 0.25) is 5.02 Å². The molecular formula is C24H26ClN5O2S. The molecule has 9 heteroatoms. The minimum Gasteiger partial charge on any atom is -0.495 e. The smallest absolute Gasteiger partial charge is 0.238 e. The molecule has 2 aliphatic rings. The van der Waals surface area contributed by atoms with E-state index < -0.39 is 5.25 Å². The monoisotopic (exact) mass is 483 g/mol. The summed E-state index contributed by atoms with van der Waals surface area (Å²) in [4.78, 5) is 15.8. The zero-order valence-corrected chi connectivity index (χ0v) is 20.1. The van der Waals surface area contributed by atoms with Crippen molar-refractivity contribution in [3.8, 4) is 17.1 Å². The lowest BCUT2D eigenvalue weighted by molar-refractivity contribution is -0.134. The lowest BCUT2D eigenvalue weighted by Crippen LogP contribution is -2.50. The normalized spacial score (nSPS) is 22.4. The summed E-state index contributed by atoms with van der Waals surface area (Å²) in [7, 11) is 1.59. The van der Waals surface area contributed by atoms with Gasteiger partial charge >= 0.3 is 0 Å². The molecule has 0 spiro atoms. The van der Waals surface area contributed by atoms with Crippen LogP contribution >= 0.6 is 23.4 Å². The van der Waals surface area contributed by atoms with E-state index in [1.54, 1.807) is 7.11 Å². The van der Waals surface area contributed by atoms with Gasteiger partial charge in [0.2, 0.25) is 11.1 Å². The average Bonchev–Trinajstić information content (AvgIpc) is 3.26. The van der Waals surface area contributed by atoms with Gasteiger partial charge in [0.15, 0.2) is 5.82 Å². The van der Waals surface area contributed by atoms with Gasteiger partial charge in [0, 0.05) is 18.2 Å². The maximum absolute atomic E-state index is 13.8. The maximum Gasteiger partial charge on any atom is 0.238 e. The number of piperidine rings is 1. The van der Waals surface area contributed by atoms with Gasteiger partial charge in [-0.1, -0.05) is 59.8 Å². The zero-order valence-electron chi connectivity index (χ0n) is 18.6. The van der Waals surface area contributed by atoms with E-state index in [0.29, 0.717) is 21.8 Å². The number of nitrogens with one attached hydrogen (secondary N) is 1. The van der Waals surface area contributed by atoms with Crippen molar-refractivity contribution >= 4 is 29.3 Å². The summed E-state index contributed by atoms with van der Waals surface area (Å²) < 4.78 is 7.21. The Hall–Kier alpha value is -2.71. The third-order valence-corrected chi connectivity index (χ3v) is 7.83. The zero-order chi connectivity index (χ0) is 22.9. The van der Waals surface area contributed by atoms with E-state index in [-0.39, 0.29) is 18.0 Å². The summed E-state index contributed by atoms with van der Waals surface area (Å²) >= 11 is 7.92. The molecule has 5 rings (SSSR count). The fourth-order valence-electron chi connectivity index (χ4n) is 4.53. The van der Waals surface area contributed by atoms with Crippen LogP contribution in [-0.4, -0.2) is 50.6 Å². The highest BCUT2D eigenvalue weighted by Gasteiger charge is 2.41. The highest BCUT2D eigenvalue weighted by molar-refractivity contribution is 8.00. The number of halogens is 1. The van der Waals surface area contributed by atoms with Gasteiger partial charge in [-0.3, -0.25) is 4.79 Å². The second-order valence-electron chi connectivity index (χ2n) is 8.42. The number of methoxy groups -OCH3 is 1. The number of carbonyl (C=O) groups excluding carboxylic acids is 1. The fraction of sp³-hybridized carbons (Fsp3) is 0.375. The molecule has 1 aromatic heterocycles. The number of benzene rings is 2. The molecule has 7 nitrogen and oxygen atoms in total. The van der Waals surface area contributed by atoms with Gasteiger partial charge in [-0.2, -0.15) is 0 Å². The molecule has 0 unspecified atom stereocenters. The van der Waals surface area contributed by atoms with Gasteiger partial charge in [0.05, 0.1) is 18.2 Å². The molecule has 1 saturated heterocycles. The second kappa shape index (κ2) is 9.27. The third kappa shape index (κ3) is 4.17. The number of fused-ring (bicyclic) bond motifs is 1. The number of aromatic nitrogens is 3. The second-order valence-corrected chi connectivity index (χ2v) is 9.94. The van der Waals surface area contributed by atoms with E-state index >= 15 is 0 Å². The van der Waals surface area contributed by atoms with E-state index in [1.807, 2.05) is 58.1 Å². The molecule has 3 heterocycles. The molecule has 172 valence electrons. The molecular weight excluding hydrogens is 458 g/mol. The van der Waals surface area contributed by atoms with Gasteiger partial charge in [-0.05, 0) is 43.9 Å². The van der Waals surface area contributed by atoms with Gasteiger partial charge in [0.25, 0.3) is 0 Å². The maximum atomic E-state index is 13.8. The standard InChI is InChI=1S/C24H26ClN5O2S/c1-15-8-6-7-13-29(15)23(31)21-20(17-11-12-19(32-2)18(25)14-17)28-30-22(26-27-24(30)33-21)16-9-4-3-5-10-16/h3-5,9-12,14-15,20-21,28H,6-8,13H2,1-2H3/t15-,20+,21-/m1/s1. The largest absolute Gasteiger partial charge is 0.495 e. The number of likely N-dealkylation sites (tertiary alicyclic amines) is 1. The van der Waals surface area contributed by atoms with E-state index in [2.05, 4.69) is 22.5 Å². The van der Waals surface area contributed by atoms with Crippen LogP contribution in [0.1, 0.15) is 37.8 Å². The minimum atomic E-state index is -0.393. The van der Waals surface area contributed by atoms with Crippen LogP contribution < -0.4 is 10.2 Å². The third-order valence-electron chi connectivity index (χ3n) is 6.33. The van der Waals surface area contributed by atoms with Crippen molar-refractivity contribution in [1.82, 2.24) is 19.8 Å². The number of carbonyl (C=O) groups is 1. The Labute approximate surface area is 202 Å². The highest BCUT2D eigenvalue weighted by Crippen LogP contribution is 2.41. The van der Waals surface area contributed by atoms with Crippen LogP contribution in [0.5, 0.6) is 5.75 Å². The number of amides is 1. The lowest BCUT2D eigenvalue weighted by atomic mass is 9.99. The Morgan fingerprint density at radius 1 is 1.18 bits per heavy atom.